The molecule has 1 aromatic rings. The third-order valence-corrected chi connectivity index (χ3v) is 3.35. The minimum Gasteiger partial charge on any atom is -0.309 e. The number of ether oxygens (including phenoxy) is 1. The van der Waals surface area contributed by atoms with E-state index in [0.717, 1.165) is 5.56 Å². The van der Waals surface area contributed by atoms with Crippen LogP contribution in [0.3, 0.4) is 0 Å². The van der Waals surface area contributed by atoms with Gasteiger partial charge in [-0.2, -0.15) is 0 Å². The van der Waals surface area contributed by atoms with Crippen LogP contribution >= 0.6 is 0 Å². The monoisotopic (exact) mass is 277 g/mol. The second kappa shape index (κ2) is 5.46. The minimum atomic E-state index is -4.62. The van der Waals surface area contributed by atoms with Crippen LogP contribution in [-0.2, 0) is 4.74 Å². The molecule has 0 radical (unpaired) electrons. The molecule has 1 saturated heterocycles. The second-order valence-corrected chi connectivity index (χ2v) is 4.83. The molecule has 0 spiro atoms. The first-order valence-electron chi connectivity index (χ1n) is 6.08. The lowest BCUT2D eigenvalue weighted by atomic mass is 9.89. The fourth-order valence-corrected chi connectivity index (χ4v) is 2.29. The number of nitrogens with one attached hydrogen (secondary N) is 1. The lowest BCUT2D eigenvalue weighted by Crippen LogP contribution is -2.44. The molecule has 0 saturated carbocycles. The maximum absolute atomic E-state index is 12.8. The first-order chi connectivity index (χ1) is 8.85. The molecule has 0 amide bonds. The van der Waals surface area contributed by atoms with Crippen LogP contribution in [-0.4, -0.2) is 19.0 Å². The van der Waals surface area contributed by atoms with Gasteiger partial charge in [0.25, 0.3) is 0 Å². The molecule has 106 valence electrons. The molecule has 1 aliphatic rings. The number of alkyl halides is 3. The van der Waals surface area contributed by atoms with E-state index in [1.165, 1.54) is 12.1 Å². The summed E-state index contributed by atoms with van der Waals surface area (Å²) in [6.07, 6.45) is -5.29. The van der Waals surface area contributed by atoms with Gasteiger partial charge in [0.1, 0.15) is 5.82 Å². The maximum Gasteiger partial charge on any atom is 0.522 e. The Morgan fingerprint density at radius 2 is 1.84 bits per heavy atom. The zero-order valence-corrected chi connectivity index (χ0v) is 10.4. The van der Waals surface area contributed by atoms with E-state index in [2.05, 4.69) is 10.1 Å². The predicted octanol–water partition coefficient (Wildman–Crippen LogP) is 3.40. The van der Waals surface area contributed by atoms with Gasteiger partial charge in [-0.15, -0.1) is 13.2 Å². The average molecular weight is 277 g/mol. The van der Waals surface area contributed by atoms with Crippen molar-refractivity contribution in [3.8, 4) is 0 Å². The second-order valence-electron chi connectivity index (χ2n) is 4.83. The number of hydrogen-bond donors (Lipinski definition) is 1. The molecule has 2 nitrogen and oxygen atoms in total. The number of halogens is 4. The van der Waals surface area contributed by atoms with Gasteiger partial charge >= 0.3 is 6.36 Å². The number of hydrogen-bond acceptors (Lipinski definition) is 2. The van der Waals surface area contributed by atoms with Gasteiger partial charge in [-0.05, 0) is 30.0 Å². The van der Waals surface area contributed by atoms with Gasteiger partial charge in [-0.1, -0.05) is 19.1 Å². The minimum absolute atomic E-state index is 0.215. The fourth-order valence-electron chi connectivity index (χ4n) is 2.29. The molecule has 1 aliphatic heterocycles. The van der Waals surface area contributed by atoms with Crippen molar-refractivity contribution in [3.63, 3.8) is 0 Å². The molecule has 1 fully saturated rings. The molecular weight excluding hydrogens is 262 g/mol. The van der Waals surface area contributed by atoms with E-state index in [0.29, 0.717) is 6.54 Å². The van der Waals surface area contributed by atoms with Crippen LogP contribution in [0.4, 0.5) is 17.6 Å². The van der Waals surface area contributed by atoms with Crippen molar-refractivity contribution in [1.29, 1.82) is 0 Å². The fraction of sp³-hybridized carbons (Fsp3) is 0.538. The summed E-state index contributed by atoms with van der Waals surface area (Å²) in [4.78, 5) is 0. The van der Waals surface area contributed by atoms with Gasteiger partial charge in [0.15, 0.2) is 0 Å². The van der Waals surface area contributed by atoms with Crippen molar-refractivity contribution >= 4 is 0 Å². The summed E-state index contributed by atoms with van der Waals surface area (Å²) in [6, 6.07) is 5.51. The van der Waals surface area contributed by atoms with Crippen LogP contribution < -0.4 is 5.32 Å². The normalized spacial score (nSPS) is 28.4. The van der Waals surface area contributed by atoms with Gasteiger partial charge in [0, 0.05) is 12.6 Å². The van der Waals surface area contributed by atoms with Crippen molar-refractivity contribution in [2.24, 2.45) is 5.92 Å². The first kappa shape index (κ1) is 14.3. The first-order valence-corrected chi connectivity index (χ1v) is 6.08. The highest BCUT2D eigenvalue weighted by Crippen LogP contribution is 2.32. The summed E-state index contributed by atoms with van der Waals surface area (Å²) in [6.45, 7) is 2.15. The Balaban J connectivity index is 2.06. The van der Waals surface area contributed by atoms with E-state index in [-0.39, 0.29) is 24.2 Å². The van der Waals surface area contributed by atoms with Crippen molar-refractivity contribution < 1.29 is 22.3 Å². The quantitative estimate of drug-likeness (QED) is 0.837. The van der Waals surface area contributed by atoms with Crippen molar-refractivity contribution in [1.82, 2.24) is 5.32 Å². The average Bonchev–Trinajstić information content (AvgIpc) is 2.31. The Morgan fingerprint density at radius 1 is 1.21 bits per heavy atom. The van der Waals surface area contributed by atoms with Gasteiger partial charge in [-0.25, -0.2) is 4.39 Å². The number of rotatable bonds is 2. The highest BCUT2D eigenvalue weighted by Gasteiger charge is 2.38. The van der Waals surface area contributed by atoms with E-state index in [4.69, 9.17) is 0 Å². The molecule has 2 rings (SSSR count). The Kier molecular flexibility index (Phi) is 4.10. The smallest absolute Gasteiger partial charge is 0.309 e. The largest absolute Gasteiger partial charge is 0.522 e. The van der Waals surface area contributed by atoms with Crippen molar-refractivity contribution in [2.75, 3.05) is 6.54 Å². The Morgan fingerprint density at radius 3 is 2.42 bits per heavy atom. The molecule has 1 heterocycles. The van der Waals surface area contributed by atoms with Crippen molar-refractivity contribution in [2.45, 2.75) is 31.9 Å². The summed E-state index contributed by atoms with van der Waals surface area (Å²) < 4.78 is 53.9. The van der Waals surface area contributed by atoms with Crippen LogP contribution in [0.25, 0.3) is 0 Å². The summed E-state index contributed by atoms with van der Waals surface area (Å²) >= 11 is 0. The predicted molar refractivity (Wildman–Crippen MR) is 61.9 cm³/mol. The summed E-state index contributed by atoms with van der Waals surface area (Å²) in [5.41, 5.74) is 0.768. The van der Waals surface area contributed by atoms with E-state index in [9.17, 15) is 17.6 Å². The molecule has 6 heteroatoms. The third kappa shape index (κ3) is 3.91. The summed E-state index contributed by atoms with van der Waals surface area (Å²) in [7, 11) is 0. The standard InChI is InChI=1S/C13H15F4NO/c1-8-7-18-11(6-12(8)19-13(15,16)17)9-2-4-10(14)5-3-9/h2-5,8,11-12,18H,6-7H2,1H3/t8-,11-,12?/m1/s1. The molecule has 1 aromatic carbocycles. The maximum atomic E-state index is 12.8. The Labute approximate surface area is 108 Å². The number of benzene rings is 1. The highest BCUT2D eigenvalue weighted by molar-refractivity contribution is 5.20. The van der Waals surface area contributed by atoms with Crippen LogP contribution in [0.1, 0.15) is 24.9 Å². The van der Waals surface area contributed by atoms with Crippen LogP contribution in [0.15, 0.2) is 24.3 Å². The molecule has 19 heavy (non-hydrogen) atoms. The van der Waals surface area contributed by atoms with E-state index < -0.39 is 12.5 Å². The molecule has 0 bridgehead atoms. The zero-order valence-electron chi connectivity index (χ0n) is 10.4. The molecule has 1 unspecified atom stereocenters. The molecule has 3 atom stereocenters. The van der Waals surface area contributed by atoms with Gasteiger partial charge in [-0.3, -0.25) is 4.74 Å². The van der Waals surface area contributed by atoms with Gasteiger partial charge in [0.05, 0.1) is 6.10 Å². The lowest BCUT2D eigenvalue weighted by molar-refractivity contribution is -0.350. The Hall–Kier alpha value is -1.14. The van der Waals surface area contributed by atoms with Gasteiger partial charge < -0.3 is 5.32 Å². The van der Waals surface area contributed by atoms with Gasteiger partial charge in [0.2, 0.25) is 0 Å². The van der Waals surface area contributed by atoms with Crippen LogP contribution in [0.2, 0.25) is 0 Å². The third-order valence-electron chi connectivity index (χ3n) is 3.35. The number of piperidine rings is 1. The molecule has 0 aromatic heterocycles. The summed E-state index contributed by atoms with van der Waals surface area (Å²) in [5, 5.41) is 3.15. The summed E-state index contributed by atoms with van der Waals surface area (Å²) in [5.74, 6) is -0.589. The van der Waals surface area contributed by atoms with Crippen molar-refractivity contribution in [3.05, 3.63) is 35.6 Å². The topological polar surface area (TPSA) is 21.3 Å². The van der Waals surface area contributed by atoms with E-state index in [1.807, 2.05) is 0 Å². The van der Waals surface area contributed by atoms with Crippen LogP contribution in [0.5, 0.6) is 0 Å². The molecule has 1 N–H and O–H groups in total. The van der Waals surface area contributed by atoms with E-state index in [1.54, 1.807) is 19.1 Å². The SMILES string of the molecule is C[C@@H]1CN[C@@H](c2ccc(F)cc2)CC1OC(F)(F)F. The highest BCUT2D eigenvalue weighted by atomic mass is 19.4. The molecular formula is C13H15F4NO. The lowest BCUT2D eigenvalue weighted by Gasteiger charge is -2.35. The molecule has 0 aliphatic carbocycles. The zero-order chi connectivity index (χ0) is 14.0. The van der Waals surface area contributed by atoms with E-state index >= 15 is 0 Å². The van der Waals surface area contributed by atoms with Crippen LogP contribution in [0, 0.1) is 11.7 Å². The Bertz CT molecular complexity index is 418.